The third kappa shape index (κ3) is 3.16. The summed E-state index contributed by atoms with van der Waals surface area (Å²) >= 11 is 0. The molecule has 0 radical (unpaired) electrons. The Morgan fingerprint density at radius 1 is 1.00 bits per heavy atom. The SMILES string of the molecule is Nc1nc(N2CCN(C(=O)c3ccccc3)CC2)cc2nc(-c3ccco3)nn12. The number of nitrogens with zero attached hydrogens (tertiary/aromatic N) is 6. The topological polar surface area (TPSA) is 106 Å². The molecule has 5 rings (SSSR count). The Hall–Kier alpha value is -3.88. The molecule has 1 fully saturated rings. The van der Waals surface area contributed by atoms with Crippen LogP contribution in [0, 0.1) is 0 Å². The number of hydrogen-bond donors (Lipinski definition) is 1. The molecule has 1 amide bonds. The molecule has 0 spiro atoms. The molecule has 146 valence electrons. The Kier molecular flexibility index (Phi) is 4.12. The zero-order valence-electron chi connectivity index (χ0n) is 15.6. The fraction of sp³-hybridized carbons (Fsp3) is 0.200. The molecule has 2 N–H and O–H groups in total. The number of carbonyl (C=O) groups excluding carboxylic acids is 1. The molecule has 29 heavy (non-hydrogen) atoms. The molecule has 1 saturated heterocycles. The Bertz CT molecular complexity index is 1150. The number of hydrogen-bond acceptors (Lipinski definition) is 7. The molecular formula is C20H19N7O2. The minimum atomic E-state index is 0.0497. The quantitative estimate of drug-likeness (QED) is 0.571. The second-order valence-electron chi connectivity index (χ2n) is 6.80. The number of benzene rings is 1. The normalized spacial score (nSPS) is 14.5. The number of anilines is 2. The standard InChI is InChI=1S/C20H19N7O2/c21-20-23-16(13-17-22-18(24-27(17)20)15-7-4-12-29-15)25-8-10-26(11-9-25)19(28)14-5-2-1-3-6-14/h1-7,12-13H,8-11H2,(H2,21,23). The van der Waals surface area contributed by atoms with E-state index in [0.29, 0.717) is 49.0 Å². The lowest BCUT2D eigenvalue weighted by atomic mass is 10.2. The highest BCUT2D eigenvalue weighted by molar-refractivity contribution is 5.94. The lowest BCUT2D eigenvalue weighted by Crippen LogP contribution is -2.49. The van der Waals surface area contributed by atoms with E-state index in [-0.39, 0.29) is 11.9 Å². The van der Waals surface area contributed by atoms with Crippen LogP contribution in [0.2, 0.25) is 0 Å². The summed E-state index contributed by atoms with van der Waals surface area (Å²) in [5.41, 5.74) is 7.42. The van der Waals surface area contributed by atoms with Gasteiger partial charge in [-0.25, -0.2) is 4.98 Å². The maximum Gasteiger partial charge on any atom is 0.253 e. The lowest BCUT2D eigenvalue weighted by molar-refractivity contribution is 0.0746. The van der Waals surface area contributed by atoms with Crippen molar-refractivity contribution in [3.05, 3.63) is 60.4 Å². The van der Waals surface area contributed by atoms with E-state index in [4.69, 9.17) is 10.2 Å². The summed E-state index contributed by atoms with van der Waals surface area (Å²) in [7, 11) is 0. The number of furan rings is 1. The number of nitrogens with two attached hydrogens (primary N) is 1. The van der Waals surface area contributed by atoms with Crippen LogP contribution < -0.4 is 10.6 Å². The predicted octanol–water partition coefficient (Wildman–Crippen LogP) is 1.93. The summed E-state index contributed by atoms with van der Waals surface area (Å²) in [6.45, 7) is 2.57. The van der Waals surface area contributed by atoms with Gasteiger partial charge in [-0.2, -0.15) is 9.50 Å². The minimum Gasteiger partial charge on any atom is -0.461 e. The number of piperazine rings is 1. The van der Waals surface area contributed by atoms with E-state index in [1.54, 1.807) is 18.4 Å². The van der Waals surface area contributed by atoms with Crippen LogP contribution in [-0.2, 0) is 0 Å². The average Bonchev–Trinajstić information content (AvgIpc) is 3.44. The number of rotatable bonds is 3. The van der Waals surface area contributed by atoms with Crippen LogP contribution in [0.25, 0.3) is 17.2 Å². The Labute approximate surface area is 166 Å². The molecule has 9 heteroatoms. The zero-order valence-corrected chi connectivity index (χ0v) is 15.6. The monoisotopic (exact) mass is 389 g/mol. The summed E-state index contributed by atoms with van der Waals surface area (Å²) in [6, 6.07) is 14.8. The molecule has 0 aliphatic carbocycles. The fourth-order valence-corrected chi connectivity index (χ4v) is 3.47. The van der Waals surface area contributed by atoms with E-state index in [2.05, 4.69) is 20.0 Å². The van der Waals surface area contributed by atoms with Gasteiger partial charge in [-0.05, 0) is 24.3 Å². The van der Waals surface area contributed by atoms with Crippen molar-refractivity contribution in [3.8, 4) is 11.6 Å². The zero-order chi connectivity index (χ0) is 19.8. The highest BCUT2D eigenvalue weighted by Gasteiger charge is 2.24. The first kappa shape index (κ1) is 17.2. The van der Waals surface area contributed by atoms with Crippen LogP contribution >= 0.6 is 0 Å². The number of fused-ring (bicyclic) bond motifs is 1. The highest BCUT2D eigenvalue weighted by Crippen LogP contribution is 2.22. The van der Waals surface area contributed by atoms with Crippen LogP contribution in [0.15, 0.2) is 59.2 Å². The largest absolute Gasteiger partial charge is 0.461 e. The van der Waals surface area contributed by atoms with Gasteiger partial charge < -0.3 is 20.0 Å². The summed E-state index contributed by atoms with van der Waals surface area (Å²) in [5, 5.41) is 4.36. The van der Waals surface area contributed by atoms with E-state index in [9.17, 15) is 4.79 Å². The molecule has 1 aromatic carbocycles. The van der Waals surface area contributed by atoms with Crippen molar-refractivity contribution < 1.29 is 9.21 Å². The van der Waals surface area contributed by atoms with E-state index in [0.717, 1.165) is 5.82 Å². The van der Waals surface area contributed by atoms with Gasteiger partial charge in [0.1, 0.15) is 5.82 Å². The van der Waals surface area contributed by atoms with E-state index in [1.165, 1.54) is 4.52 Å². The molecule has 1 aliphatic rings. The first-order chi connectivity index (χ1) is 14.2. The summed E-state index contributed by atoms with van der Waals surface area (Å²) in [5.74, 6) is 2.06. The van der Waals surface area contributed by atoms with Gasteiger partial charge in [-0.3, -0.25) is 4.79 Å². The number of nitrogen functional groups attached to an aromatic ring is 1. The maximum atomic E-state index is 12.6. The second-order valence-corrected chi connectivity index (χ2v) is 6.80. The Morgan fingerprint density at radius 3 is 2.52 bits per heavy atom. The van der Waals surface area contributed by atoms with Crippen molar-refractivity contribution in [1.29, 1.82) is 0 Å². The maximum absolute atomic E-state index is 12.6. The van der Waals surface area contributed by atoms with Gasteiger partial charge in [-0.15, -0.1) is 5.10 Å². The van der Waals surface area contributed by atoms with Crippen molar-refractivity contribution in [2.45, 2.75) is 0 Å². The smallest absolute Gasteiger partial charge is 0.253 e. The Balaban J connectivity index is 1.35. The molecule has 9 nitrogen and oxygen atoms in total. The fourth-order valence-electron chi connectivity index (χ4n) is 3.47. The van der Waals surface area contributed by atoms with Crippen LogP contribution in [0.3, 0.4) is 0 Å². The van der Waals surface area contributed by atoms with Crippen molar-refractivity contribution >= 4 is 23.3 Å². The van der Waals surface area contributed by atoms with Crippen LogP contribution in [-0.4, -0.2) is 56.6 Å². The van der Waals surface area contributed by atoms with E-state index < -0.39 is 0 Å². The molecule has 1 aliphatic heterocycles. The van der Waals surface area contributed by atoms with Gasteiger partial charge >= 0.3 is 0 Å². The molecular weight excluding hydrogens is 370 g/mol. The second kappa shape index (κ2) is 6.93. The molecule has 0 unspecified atom stereocenters. The third-order valence-electron chi connectivity index (χ3n) is 4.99. The van der Waals surface area contributed by atoms with Crippen LogP contribution in [0.4, 0.5) is 11.8 Å². The Morgan fingerprint density at radius 2 is 1.79 bits per heavy atom. The summed E-state index contributed by atoms with van der Waals surface area (Å²) in [6.07, 6.45) is 1.57. The van der Waals surface area contributed by atoms with Crippen molar-refractivity contribution in [1.82, 2.24) is 24.5 Å². The van der Waals surface area contributed by atoms with Crippen LogP contribution in [0.1, 0.15) is 10.4 Å². The first-order valence-corrected chi connectivity index (χ1v) is 9.35. The minimum absolute atomic E-state index is 0.0497. The third-order valence-corrected chi connectivity index (χ3v) is 4.99. The van der Waals surface area contributed by atoms with Crippen molar-refractivity contribution in [3.63, 3.8) is 0 Å². The number of aromatic nitrogens is 4. The van der Waals surface area contributed by atoms with Gasteiger partial charge in [-0.1, -0.05) is 18.2 Å². The molecule has 3 aromatic heterocycles. The van der Waals surface area contributed by atoms with Gasteiger partial charge in [0.2, 0.25) is 11.8 Å². The van der Waals surface area contributed by atoms with Crippen molar-refractivity contribution in [2.75, 3.05) is 36.8 Å². The van der Waals surface area contributed by atoms with Gasteiger partial charge in [0.05, 0.1) is 6.26 Å². The molecule has 0 bridgehead atoms. The average molecular weight is 389 g/mol. The first-order valence-electron chi connectivity index (χ1n) is 9.35. The number of carbonyl (C=O) groups is 1. The highest BCUT2D eigenvalue weighted by atomic mass is 16.3. The van der Waals surface area contributed by atoms with Gasteiger partial charge in [0.25, 0.3) is 5.91 Å². The lowest BCUT2D eigenvalue weighted by Gasteiger charge is -2.35. The van der Waals surface area contributed by atoms with Gasteiger partial charge in [0.15, 0.2) is 11.4 Å². The predicted molar refractivity (Wildman–Crippen MR) is 107 cm³/mol. The summed E-state index contributed by atoms with van der Waals surface area (Å²) in [4.78, 5) is 25.6. The molecule has 4 aromatic rings. The summed E-state index contributed by atoms with van der Waals surface area (Å²) < 4.78 is 6.86. The van der Waals surface area contributed by atoms with Crippen molar-refractivity contribution in [2.24, 2.45) is 0 Å². The molecule has 0 saturated carbocycles. The van der Waals surface area contributed by atoms with Crippen LogP contribution in [0.5, 0.6) is 0 Å². The number of amides is 1. The molecule has 0 atom stereocenters. The van der Waals surface area contributed by atoms with E-state index in [1.807, 2.05) is 41.3 Å². The van der Waals surface area contributed by atoms with E-state index >= 15 is 0 Å². The van der Waals surface area contributed by atoms with Gasteiger partial charge in [0, 0.05) is 37.8 Å². The molecule has 4 heterocycles.